The van der Waals surface area contributed by atoms with Gasteiger partial charge in [-0.25, -0.2) is 4.79 Å². The molecule has 0 spiro atoms. The minimum atomic E-state index is -0.458. The van der Waals surface area contributed by atoms with Crippen LogP contribution < -0.4 is 10.6 Å². The molecule has 1 amide bonds. The molecule has 1 rings (SSSR count). The van der Waals surface area contributed by atoms with E-state index in [0.29, 0.717) is 17.1 Å². The van der Waals surface area contributed by atoms with Crippen LogP contribution in [0.3, 0.4) is 0 Å². The van der Waals surface area contributed by atoms with E-state index in [-0.39, 0.29) is 12.5 Å². The average molecular weight is 266 g/mol. The zero-order valence-corrected chi connectivity index (χ0v) is 11.0. The van der Waals surface area contributed by atoms with Crippen LogP contribution in [0.15, 0.2) is 5.38 Å². The smallest absolute Gasteiger partial charge is 0.350 e. The molecule has 1 aromatic rings. The molecule has 0 unspecified atom stereocenters. The fourth-order valence-corrected chi connectivity index (χ4v) is 2.20. The lowest BCUT2D eigenvalue weighted by Gasteiger charge is -2.07. The molecule has 0 fully saturated rings. The van der Waals surface area contributed by atoms with E-state index in [9.17, 15) is 9.59 Å². The minimum absolute atomic E-state index is 0.0973. The fraction of sp³-hybridized carbons (Fsp3) is 0.333. The normalized spacial score (nSPS) is 9.61. The Balaban J connectivity index is 2.72. The number of terminal acetylenes is 1. The Labute approximate surface area is 110 Å². The number of amides is 1. The Morgan fingerprint density at radius 1 is 1.56 bits per heavy atom. The zero-order valence-electron chi connectivity index (χ0n) is 10.2. The molecule has 0 aliphatic rings. The van der Waals surface area contributed by atoms with Gasteiger partial charge in [-0.2, -0.15) is 0 Å². The average Bonchev–Trinajstić information content (AvgIpc) is 2.71. The van der Waals surface area contributed by atoms with Gasteiger partial charge in [-0.15, -0.1) is 17.8 Å². The summed E-state index contributed by atoms with van der Waals surface area (Å²) in [5.74, 6) is 1.66. The summed E-state index contributed by atoms with van der Waals surface area (Å²) >= 11 is 1.24. The Morgan fingerprint density at radius 3 is 2.89 bits per heavy atom. The van der Waals surface area contributed by atoms with Gasteiger partial charge < -0.3 is 10.1 Å². The van der Waals surface area contributed by atoms with Gasteiger partial charge in [0.25, 0.3) is 0 Å². The number of methoxy groups -OCH3 is 1. The van der Waals surface area contributed by atoms with Crippen molar-refractivity contribution in [1.82, 2.24) is 5.32 Å². The lowest BCUT2D eigenvalue weighted by atomic mass is 10.2. The van der Waals surface area contributed by atoms with Gasteiger partial charge in [0.2, 0.25) is 5.91 Å². The van der Waals surface area contributed by atoms with Crippen LogP contribution in [0.1, 0.15) is 15.2 Å². The number of rotatable bonds is 5. The second-order valence-electron chi connectivity index (χ2n) is 3.47. The van der Waals surface area contributed by atoms with Crippen molar-refractivity contribution in [3.05, 3.63) is 15.8 Å². The maximum absolute atomic E-state index is 11.6. The third kappa shape index (κ3) is 3.58. The van der Waals surface area contributed by atoms with Gasteiger partial charge in [0.05, 0.1) is 25.9 Å². The van der Waals surface area contributed by atoms with E-state index in [1.165, 1.54) is 18.4 Å². The largest absolute Gasteiger partial charge is 0.465 e. The van der Waals surface area contributed by atoms with Crippen molar-refractivity contribution in [3.8, 4) is 12.3 Å². The lowest BCUT2D eigenvalue weighted by molar-refractivity contribution is -0.115. The van der Waals surface area contributed by atoms with Gasteiger partial charge in [0.15, 0.2) is 0 Å². The standard InChI is InChI=1S/C12H14N2O3S/c1-4-5-13-6-9(15)14-10-8(2)7-18-11(10)12(16)17-3/h1,7,13H,5-6H2,2-3H3,(H,14,15). The van der Waals surface area contributed by atoms with Crippen LogP contribution in [-0.4, -0.2) is 32.1 Å². The van der Waals surface area contributed by atoms with Gasteiger partial charge in [0, 0.05) is 0 Å². The first-order valence-corrected chi connectivity index (χ1v) is 6.08. The van der Waals surface area contributed by atoms with E-state index in [1.807, 2.05) is 6.92 Å². The summed E-state index contributed by atoms with van der Waals surface area (Å²) < 4.78 is 4.65. The van der Waals surface area contributed by atoms with Crippen LogP contribution >= 0.6 is 11.3 Å². The minimum Gasteiger partial charge on any atom is -0.465 e. The first-order valence-electron chi connectivity index (χ1n) is 5.20. The predicted octanol–water partition coefficient (Wildman–Crippen LogP) is 1.00. The van der Waals surface area contributed by atoms with Crippen LogP contribution in [0.25, 0.3) is 0 Å². The van der Waals surface area contributed by atoms with Gasteiger partial charge in [-0.3, -0.25) is 10.1 Å². The number of hydrogen-bond donors (Lipinski definition) is 2. The molecule has 0 bridgehead atoms. The van der Waals surface area contributed by atoms with E-state index in [2.05, 4.69) is 21.3 Å². The number of hydrogen-bond acceptors (Lipinski definition) is 5. The highest BCUT2D eigenvalue weighted by molar-refractivity contribution is 7.12. The first-order chi connectivity index (χ1) is 8.60. The summed E-state index contributed by atoms with van der Waals surface area (Å²) in [6.07, 6.45) is 5.05. The summed E-state index contributed by atoms with van der Waals surface area (Å²) in [5.41, 5.74) is 1.32. The Morgan fingerprint density at radius 2 is 2.28 bits per heavy atom. The van der Waals surface area contributed by atoms with Crippen molar-refractivity contribution in [2.75, 3.05) is 25.5 Å². The molecule has 5 nitrogen and oxygen atoms in total. The molecule has 2 N–H and O–H groups in total. The van der Waals surface area contributed by atoms with Gasteiger partial charge in [-0.1, -0.05) is 5.92 Å². The maximum Gasteiger partial charge on any atom is 0.350 e. The molecule has 0 atom stereocenters. The van der Waals surface area contributed by atoms with Crippen molar-refractivity contribution in [3.63, 3.8) is 0 Å². The maximum atomic E-state index is 11.6. The summed E-state index contributed by atoms with van der Waals surface area (Å²) in [6.45, 7) is 2.23. The molecule has 96 valence electrons. The van der Waals surface area contributed by atoms with Gasteiger partial charge in [-0.05, 0) is 17.9 Å². The number of carbonyl (C=O) groups excluding carboxylic acids is 2. The van der Waals surface area contributed by atoms with E-state index >= 15 is 0 Å². The second kappa shape index (κ2) is 6.79. The van der Waals surface area contributed by atoms with Crippen LogP contribution in [0.4, 0.5) is 5.69 Å². The molecule has 0 aromatic carbocycles. The topological polar surface area (TPSA) is 67.4 Å². The highest BCUT2D eigenvalue weighted by Gasteiger charge is 2.18. The number of nitrogens with one attached hydrogen (secondary N) is 2. The quantitative estimate of drug-likeness (QED) is 0.474. The van der Waals surface area contributed by atoms with E-state index in [1.54, 1.807) is 5.38 Å². The number of ether oxygens (including phenoxy) is 1. The Hall–Kier alpha value is -1.84. The Bertz CT molecular complexity index is 488. The van der Waals surface area contributed by atoms with Crippen molar-refractivity contribution in [1.29, 1.82) is 0 Å². The molecule has 18 heavy (non-hydrogen) atoms. The lowest BCUT2D eigenvalue weighted by Crippen LogP contribution is -2.28. The molecule has 1 aromatic heterocycles. The molecule has 0 aliphatic heterocycles. The van der Waals surface area contributed by atoms with Crippen molar-refractivity contribution in [2.45, 2.75) is 6.92 Å². The second-order valence-corrected chi connectivity index (χ2v) is 4.35. The van der Waals surface area contributed by atoms with Crippen LogP contribution in [-0.2, 0) is 9.53 Å². The molecule has 6 heteroatoms. The first kappa shape index (κ1) is 14.2. The molecule has 0 radical (unpaired) electrons. The van der Waals surface area contributed by atoms with E-state index in [0.717, 1.165) is 5.56 Å². The highest BCUT2D eigenvalue weighted by Crippen LogP contribution is 2.28. The molecule has 0 aliphatic carbocycles. The third-order valence-corrected chi connectivity index (χ3v) is 3.20. The number of esters is 1. The molecular formula is C12H14N2O3S. The van der Waals surface area contributed by atoms with Gasteiger partial charge in [0.1, 0.15) is 4.88 Å². The predicted molar refractivity (Wildman–Crippen MR) is 70.7 cm³/mol. The molecule has 0 saturated heterocycles. The molecular weight excluding hydrogens is 252 g/mol. The number of thiophene rings is 1. The van der Waals surface area contributed by atoms with Crippen molar-refractivity contribution >= 4 is 28.9 Å². The highest BCUT2D eigenvalue weighted by atomic mass is 32.1. The Kier molecular flexibility index (Phi) is 5.36. The molecule has 1 heterocycles. The number of aryl methyl sites for hydroxylation is 1. The van der Waals surface area contributed by atoms with Crippen molar-refractivity contribution in [2.24, 2.45) is 0 Å². The summed E-state index contributed by atoms with van der Waals surface area (Å²) in [6, 6.07) is 0. The summed E-state index contributed by atoms with van der Waals surface area (Å²) in [5, 5.41) is 7.23. The van der Waals surface area contributed by atoms with Crippen LogP contribution in [0, 0.1) is 19.3 Å². The fourth-order valence-electron chi connectivity index (χ4n) is 1.27. The summed E-state index contributed by atoms with van der Waals surface area (Å²) in [7, 11) is 1.30. The van der Waals surface area contributed by atoms with E-state index in [4.69, 9.17) is 6.42 Å². The van der Waals surface area contributed by atoms with Gasteiger partial charge >= 0.3 is 5.97 Å². The van der Waals surface area contributed by atoms with Crippen LogP contribution in [0.5, 0.6) is 0 Å². The third-order valence-electron chi connectivity index (χ3n) is 2.12. The van der Waals surface area contributed by atoms with E-state index < -0.39 is 5.97 Å². The summed E-state index contributed by atoms with van der Waals surface area (Å²) in [4.78, 5) is 23.5. The number of anilines is 1. The van der Waals surface area contributed by atoms with Crippen LogP contribution in [0.2, 0.25) is 0 Å². The molecule has 0 saturated carbocycles. The van der Waals surface area contributed by atoms with Crippen molar-refractivity contribution < 1.29 is 14.3 Å². The monoisotopic (exact) mass is 266 g/mol. The number of carbonyl (C=O) groups is 2. The SMILES string of the molecule is C#CCNCC(=O)Nc1c(C)csc1C(=O)OC. The zero-order chi connectivity index (χ0) is 13.5.